The number of fused-ring (bicyclic) bond motifs is 3. The van der Waals surface area contributed by atoms with E-state index in [2.05, 4.69) is 95.1 Å². The number of rotatable bonds is 4. The Bertz CT molecular complexity index is 1530. The Balaban J connectivity index is 0.00000240. The van der Waals surface area contributed by atoms with E-state index in [9.17, 15) is 0 Å². The summed E-state index contributed by atoms with van der Waals surface area (Å²) in [5, 5.41) is 8.90. The van der Waals surface area contributed by atoms with Crippen molar-refractivity contribution in [2.45, 2.75) is 5.41 Å². The number of benzene rings is 4. The number of hydrogen-bond acceptors (Lipinski definition) is 2. The van der Waals surface area contributed by atoms with Gasteiger partial charge >= 0.3 is 21.1 Å². The molecule has 0 radical (unpaired) electrons. The average molecular weight is 644 g/mol. The van der Waals surface area contributed by atoms with Gasteiger partial charge in [0.25, 0.3) is 0 Å². The Morgan fingerprint density at radius 2 is 1.00 bits per heavy atom. The Morgan fingerprint density at radius 1 is 0.528 bits per heavy atom. The van der Waals surface area contributed by atoms with Crippen molar-refractivity contribution in [3.8, 4) is 22.5 Å². The van der Waals surface area contributed by atoms with Crippen LogP contribution in [0.2, 0.25) is 0 Å². The van der Waals surface area contributed by atoms with E-state index in [0.717, 1.165) is 22.5 Å². The molecule has 2 heterocycles. The first-order valence-corrected chi connectivity index (χ1v) is 11.6. The summed E-state index contributed by atoms with van der Waals surface area (Å²) in [5.41, 5.74) is 8.24. The van der Waals surface area contributed by atoms with Crippen LogP contribution in [0.25, 0.3) is 22.5 Å². The first-order valence-electron chi connectivity index (χ1n) is 11.6. The second kappa shape index (κ2) is 8.89. The molecule has 4 nitrogen and oxygen atoms in total. The van der Waals surface area contributed by atoms with Gasteiger partial charge in [0.2, 0.25) is 0 Å². The minimum Gasteiger partial charge on any atom is -0.266 e. The van der Waals surface area contributed by atoms with Gasteiger partial charge in [-0.3, -0.25) is 9.36 Å². The molecule has 5 heteroatoms. The summed E-state index contributed by atoms with van der Waals surface area (Å²) in [4.78, 5) is 0. The first-order chi connectivity index (χ1) is 17.4. The molecule has 7 rings (SSSR count). The van der Waals surface area contributed by atoms with Crippen molar-refractivity contribution < 1.29 is 21.1 Å². The van der Waals surface area contributed by atoms with Crippen LogP contribution in [0.1, 0.15) is 22.3 Å². The van der Waals surface area contributed by atoms with Crippen molar-refractivity contribution in [1.82, 2.24) is 19.6 Å². The molecule has 0 amide bonds. The molecule has 174 valence electrons. The smallest absolute Gasteiger partial charge is 0.266 e. The fraction of sp³-hybridized carbons (Fsp3) is 0.0323. The van der Waals surface area contributed by atoms with Crippen LogP contribution in [0.5, 0.6) is 0 Å². The van der Waals surface area contributed by atoms with Crippen molar-refractivity contribution in [3.63, 3.8) is 0 Å². The van der Waals surface area contributed by atoms with E-state index in [1.807, 2.05) is 46.0 Å². The molecule has 0 aliphatic heterocycles. The van der Waals surface area contributed by atoms with Crippen LogP contribution < -0.4 is 0 Å². The van der Waals surface area contributed by atoms with E-state index in [4.69, 9.17) is 0 Å². The van der Waals surface area contributed by atoms with E-state index in [1.165, 1.54) is 22.3 Å². The third kappa shape index (κ3) is 3.25. The molecule has 2 aromatic heterocycles. The number of aromatic nitrogens is 4. The van der Waals surface area contributed by atoms with Crippen LogP contribution in [0.3, 0.4) is 0 Å². The summed E-state index contributed by atoms with van der Waals surface area (Å²) in [6, 6.07) is 41.3. The quantitative estimate of drug-likeness (QED) is 0.220. The molecule has 6 aromatic rings. The van der Waals surface area contributed by atoms with E-state index >= 15 is 0 Å². The van der Waals surface area contributed by atoms with E-state index in [-0.39, 0.29) is 21.1 Å². The molecule has 36 heavy (non-hydrogen) atoms. The van der Waals surface area contributed by atoms with Crippen molar-refractivity contribution in [2.24, 2.45) is 0 Å². The van der Waals surface area contributed by atoms with Gasteiger partial charge in [0.1, 0.15) is 0 Å². The summed E-state index contributed by atoms with van der Waals surface area (Å²) in [5.74, 6) is 0. The molecule has 0 atom stereocenters. The average Bonchev–Trinajstić information content (AvgIpc) is 3.70. The third-order valence-corrected chi connectivity index (χ3v) is 6.82. The van der Waals surface area contributed by atoms with Crippen LogP contribution >= 0.6 is 0 Å². The summed E-state index contributed by atoms with van der Waals surface area (Å²) in [7, 11) is 0. The van der Waals surface area contributed by atoms with Gasteiger partial charge in [0, 0.05) is 30.2 Å². The molecule has 1 aliphatic carbocycles. The Morgan fingerprint density at radius 3 is 1.44 bits per heavy atom. The standard InChI is InChI=1S/C31H20N4.Pt/c1-3-15-29-27(13-1)28-14-2-4-16-30(28)31(29,23-9-5-11-25(21-23)34-19-7-17-32-34)24-10-6-12-26(22-24)35-20-8-18-33-35;/h1-20H;/q-2;+2. The SMILES string of the molecule is [Pt+2].[c-]1c(-n2cccn2)cccc1C1(c2[c-]c(-n3cccn3)ccc2)c2ccccc2-c2ccccc21. The summed E-state index contributed by atoms with van der Waals surface area (Å²) in [6.45, 7) is 0. The van der Waals surface area contributed by atoms with Crippen molar-refractivity contribution in [2.75, 3.05) is 0 Å². The van der Waals surface area contributed by atoms with Crippen molar-refractivity contribution in [1.29, 1.82) is 0 Å². The summed E-state index contributed by atoms with van der Waals surface area (Å²) in [6.07, 6.45) is 7.47. The fourth-order valence-electron chi connectivity index (χ4n) is 5.40. The molecular formula is C31H20N4Pt. The maximum atomic E-state index is 4.45. The van der Waals surface area contributed by atoms with Crippen LogP contribution in [0.15, 0.2) is 122 Å². The van der Waals surface area contributed by atoms with E-state index < -0.39 is 5.41 Å². The van der Waals surface area contributed by atoms with Crippen LogP contribution in [-0.2, 0) is 26.5 Å². The molecule has 0 bridgehead atoms. The fourth-order valence-corrected chi connectivity index (χ4v) is 5.40. The van der Waals surface area contributed by atoms with E-state index in [1.54, 1.807) is 12.4 Å². The minimum atomic E-state index is -0.584. The summed E-state index contributed by atoms with van der Waals surface area (Å²) >= 11 is 0. The van der Waals surface area contributed by atoms with Crippen LogP contribution in [-0.4, -0.2) is 19.6 Å². The summed E-state index contributed by atoms with van der Waals surface area (Å²) < 4.78 is 3.71. The van der Waals surface area contributed by atoms with Gasteiger partial charge in [0.15, 0.2) is 0 Å². The first kappa shape index (κ1) is 22.5. The van der Waals surface area contributed by atoms with Gasteiger partial charge in [-0.15, -0.1) is 23.3 Å². The molecule has 0 unspecified atom stereocenters. The maximum absolute atomic E-state index is 4.45. The third-order valence-electron chi connectivity index (χ3n) is 6.82. The molecule has 4 aromatic carbocycles. The molecule has 0 saturated heterocycles. The largest absolute Gasteiger partial charge is 2.00 e. The van der Waals surface area contributed by atoms with Gasteiger partial charge in [-0.05, 0) is 45.8 Å². The molecule has 0 N–H and O–H groups in total. The second-order valence-electron chi connectivity index (χ2n) is 8.64. The predicted octanol–water partition coefficient (Wildman–Crippen LogP) is 6.02. The van der Waals surface area contributed by atoms with Crippen molar-refractivity contribution >= 4 is 0 Å². The van der Waals surface area contributed by atoms with Gasteiger partial charge < -0.3 is 0 Å². The zero-order chi connectivity index (χ0) is 23.2. The normalized spacial score (nSPS) is 13.0. The second-order valence-corrected chi connectivity index (χ2v) is 8.64. The molecule has 0 spiro atoms. The Hall–Kier alpha value is -4.01. The van der Waals surface area contributed by atoms with Gasteiger partial charge in [-0.1, -0.05) is 48.5 Å². The molecule has 1 aliphatic rings. The maximum Gasteiger partial charge on any atom is 2.00 e. The zero-order valence-electron chi connectivity index (χ0n) is 19.2. The molecule has 0 fully saturated rings. The monoisotopic (exact) mass is 643 g/mol. The topological polar surface area (TPSA) is 35.6 Å². The Labute approximate surface area is 224 Å². The molecular weight excluding hydrogens is 623 g/mol. The number of nitrogens with zero attached hydrogens (tertiary/aromatic N) is 4. The van der Waals surface area contributed by atoms with Crippen LogP contribution in [0.4, 0.5) is 0 Å². The zero-order valence-corrected chi connectivity index (χ0v) is 21.4. The van der Waals surface area contributed by atoms with Gasteiger partial charge in [-0.25, -0.2) is 0 Å². The Kier molecular flexibility index (Phi) is 5.54. The molecule has 0 saturated carbocycles. The van der Waals surface area contributed by atoms with Crippen LogP contribution in [0, 0.1) is 12.1 Å². The van der Waals surface area contributed by atoms with Gasteiger partial charge in [-0.2, -0.15) is 46.6 Å². The minimum absolute atomic E-state index is 0. The van der Waals surface area contributed by atoms with E-state index in [0.29, 0.717) is 0 Å². The van der Waals surface area contributed by atoms with Crippen molar-refractivity contribution in [3.05, 3.63) is 156 Å². The van der Waals surface area contributed by atoms with Gasteiger partial charge in [0.05, 0.1) is 0 Å². The predicted molar refractivity (Wildman–Crippen MR) is 136 cm³/mol. The number of hydrogen-bond donors (Lipinski definition) is 0.